The number of hydrogen-bond acceptors (Lipinski definition) is 4. The maximum atomic E-state index is 5.67. The van der Waals surface area contributed by atoms with Gasteiger partial charge in [0.25, 0.3) is 0 Å². The molecule has 118 valence electrons. The summed E-state index contributed by atoms with van der Waals surface area (Å²) in [5.41, 5.74) is 9.85. The zero-order valence-corrected chi connectivity index (χ0v) is 13.3. The lowest BCUT2D eigenvalue weighted by Gasteiger charge is -2.08. The smallest absolute Gasteiger partial charge is 0.120 e. The Hall–Kier alpha value is -3.45. The Balaban J connectivity index is 1.78. The number of rotatable bonds is 3. The molecule has 4 nitrogen and oxygen atoms in total. The normalized spacial score (nSPS) is 9.71. The van der Waals surface area contributed by atoms with Crippen LogP contribution in [0.1, 0.15) is 11.3 Å². The number of benzene rings is 2. The van der Waals surface area contributed by atoms with Crippen LogP contribution in [0.25, 0.3) is 0 Å². The Labute approximate surface area is 141 Å². The van der Waals surface area contributed by atoms with Crippen molar-refractivity contribution < 1.29 is 4.74 Å². The molecule has 4 heteroatoms. The molecule has 3 rings (SSSR count). The first-order chi connectivity index (χ1) is 11.7. The fourth-order valence-corrected chi connectivity index (χ4v) is 2.15. The Morgan fingerprint density at radius 3 is 2.54 bits per heavy atom. The van der Waals surface area contributed by atoms with Crippen LogP contribution in [-0.2, 0) is 0 Å². The number of methoxy groups -OCH3 is 1. The highest BCUT2D eigenvalue weighted by Crippen LogP contribution is 2.21. The minimum absolute atomic E-state index is 0.694. The molecular weight excluding hydrogens is 298 g/mol. The predicted octanol–water partition coefficient (Wildman–Crippen LogP) is 3.82. The summed E-state index contributed by atoms with van der Waals surface area (Å²) in [6.07, 6.45) is 1.73. The van der Waals surface area contributed by atoms with Gasteiger partial charge in [-0.25, -0.2) is 4.98 Å². The van der Waals surface area contributed by atoms with Crippen molar-refractivity contribution in [1.82, 2.24) is 4.98 Å². The molecule has 0 unspecified atom stereocenters. The number of nitrogens with zero attached hydrogens (tertiary/aromatic N) is 1. The second kappa shape index (κ2) is 7.21. The molecule has 3 aromatic rings. The third-order valence-electron chi connectivity index (χ3n) is 3.36. The van der Waals surface area contributed by atoms with Gasteiger partial charge in [-0.3, -0.25) is 0 Å². The minimum Gasteiger partial charge on any atom is -0.497 e. The van der Waals surface area contributed by atoms with E-state index in [2.05, 4.69) is 22.1 Å². The molecule has 0 aliphatic heterocycles. The summed E-state index contributed by atoms with van der Waals surface area (Å²) in [5, 5.41) is 3.32. The second-order valence-electron chi connectivity index (χ2n) is 5.16. The van der Waals surface area contributed by atoms with Gasteiger partial charge in [0.2, 0.25) is 0 Å². The van der Waals surface area contributed by atoms with E-state index < -0.39 is 0 Å². The molecule has 0 amide bonds. The van der Waals surface area contributed by atoms with E-state index in [0.29, 0.717) is 5.69 Å². The summed E-state index contributed by atoms with van der Waals surface area (Å²) >= 11 is 0. The fourth-order valence-electron chi connectivity index (χ4n) is 2.15. The van der Waals surface area contributed by atoms with Crippen molar-refractivity contribution in [2.24, 2.45) is 0 Å². The number of hydrogen-bond donors (Lipinski definition) is 2. The average molecular weight is 315 g/mol. The van der Waals surface area contributed by atoms with Crippen LogP contribution in [0.2, 0.25) is 0 Å². The van der Waals surface area contributed by atoms with E-state index in [1.54, 1.807) is 13.3 Å². The van der Waals surface area contributed by atoms with Gasteiger partial charge in [-0.05, 0) is 54.5 Å². The topological polar surface area (TPSA) is 60.2 Å². The highest BCUT2D eigenvalue weighted by atomic mass is 16.5. The molecule has 24 heavy (non-hydrogen) atoms. The van der Waals surface area contributed by atoms with Crippen LogP contribution in [0.15, 0.2) is 66.9 Å². The number of ether oxygens (including phenoxy) is 1. The van der Waals surface area contributed by atoms with Gasteiger partial charge in [-0.2, -0.15) is 0 Å². The van der Waals surface area contributed by atoms with Crippen molar-refractivity contribution >= 4 is 17.1 Å². The Bertz CT molecular complexity index is 893. The van der Waals surface area contributed by atoms with Gasteiger partial charge in [-0.1, -0.05) is 12.0 Å². The van der Waals surface area contributed by atoms with E-state index in [4.69, 9.17) is 10.5 Å². The maximum absolute atomic E-state index is 5.67. The van der Waals surface area contributed by atoms with E-state index in [1.807, 2.05) is 60.7 Å². The molecule has 0 bridgehead atoms. The summed E-state index contributed by atoms with van der Waals surface area (Å²) in [6.45, 7) is 0. The standard InChI is InChI=1S/C20H17N3O/c1-24-20-4-2-3-18(14-20)23-19-11-12-22-17(13-19)10-7-15-5-8-16(21)9-6-15/h2-6,8-9,11-14H,21H2,1H3,(H,22,23). The van der Waals surface area contributed by atoms with Gasteiger partial charge < -0.3 is 15.8 Å². The average Bonchev–Trinajstić information content (AvgIpc) is 2.62. The van der Waals surface area contributed by atoms with Crippen LogP contribution < -0.4 is 15.8 Å². The van der Waals surface area contributed by atoms with Crippen LogP contribution in [0, 0.1) is 11.8 Å². The highest BCUT2D eigenvalue weighted by Gasteiger charge is 1.98. The molecule has 0 saturated heterocycles. The lowest BCUT2D eigenvalue weighted by atomic mass is 10.2. The van der Waals surface area contributed by atoms with Crippen LogP contribution in [0.5, 0.6) is 5.75 Å². The van der Waals surface area contributed by atoms with Gasteiger partial charge in [-0.15, -0.1) is 0 Å². The third-order valence-corrected chi connectivity index (χ3v) is 3.36. The van der Waals surface area contributed by atoms with Gasteiger partial charge in [0.15, 0.2) is 0 Å². The van der Waals surface area contributed by atoms with Gasteiger partial charge in [0.1, 0.15) is 11.4 Å². The SMILES string of the molecule is COc1cccc(Nc2ccnc(C#Cc3ccc(N)cc3)c2)c1. The van der Waals surface area contributed by atoms with Crippen LogP contribution in [-0.4, -0.2) is 12.1 Å². The van der Waals surface area contributed by atoms with E-state index in [9.17, 15) is 0 Å². The molecule has 1 heterocycles. The second-order valence-corrected chi connectivity index (χ2v) is 5.16. The molecule has 3 N–H and O–H groups in total. The van der Waals surface area contributed by atoms with E-state index in [0.717, 1.165) is 28.4 Å². The Morgan fingerprint density at radius 1 is 0.958 bits per heavy atom. The molecule has 0 aliphatic rings. The number of nitrogens with two attached hydrogens (primary N) is 1. The van der Waals surface area contributed by atoms with E-state index >= 15 is 0 Å². The molecule has 0 atom stereocenters. The maximum Gasteiger partial charge on any atom is 0.120 e. The number of pyridine rings is 1. The summed E-state index contributed by atoms with van der Waals surface area (Å²) in [5.74, 6) is 6.95. The van der Waals surface area contributed by atoms with Crippen molar-refractivity contribution in [2.45, 2.75) is 0 Å². The van der Waals surface area contributed by atoms with Gasteiger partial charge >= 0.3 is 0 Å². The molecule has 0 radical (unpaired) electrons. The first-order valence-electron chi connectivity index (χ1n) is 7.47. The summed E-state index contributed by atoms with van der Waals surface area (Å²) in [6, 6.07) is 19.0. The van der Waals surface area contributed by atoms with Crippen LogP contribution in [0.3, 0.4) is 0 Å². The third kappa shape index (κ3) is 4.05. The molecule has 0 saturated carbocycles. The highest BCUT2D eigenvalue weighted by molar-refractivity contribution is 5.62. The first kappa shape index (κ1) is 15.4. The Kier molecular flexibility index (Phi) is 4.64. The van der Waals surface area contributed by atoms with E-state index in [-0.39, 0.29) is 0 Å². The number of anilines is 3. The van der Waals surface area contributed by atoms with E-state index in [1.165, 1.54) is 0 Å². The molecule has 2 aromatic carbocycles. The molecule has 1 aromatic heterocycles. The van der Waals surface area contributed by atoms with Gasteiger partial charge in [0.05, 0.1) is 7.11 Å². The van der Waals surface area contributed by atoms with Crippen LogP contribution >= 0.6 is 0 Å². The summed E-state index contributed by atoms with van der Waals surface area (Å²) in [4.78, 5) is 4.28. The lowest BCUT2D eigenvalue weighted by Crippen LogP contribution is -1.93. The van der Waals surface area contributed by atoms with Crippen LogP contribution in [0.4, 0.5) is 17.1 Å². The molecule has 0 spiro atoms. The largest absolute Gasteiger partial charge is 0.497 e. The zero-order valence-electron chi connectivity index (χ0n) is 13.3. The fraction of sp³-hybridized carbons (Fsp3) is 0.0500. The number of nitrogens with one attached hydrogen (secondary N) is 1. The first-order valence-corrected chi connectivity index (χ1v) is 7.47. The van der Waals surface area contributed by atoms with Crippen molar-refractivity contribution in [2.75, 3.05) is 18.2 Å². The molecule has 0 fully saturated rings. The quantitative estimate of drug-likeness (QED) is 0.570. The summed E-state index contributed by atoms with van der Waals surface area (Å²) < 4.78 is 5.23. The monoisotopic (exact) mass is 315 g/mol. The van der Waals surface area contributed by atoms with Crippen molar-refractivity contribution in [3.63, 3.8) is 0 Å². The van der Waals surface area contributed by atoms with Gasteiger partial charge in [0, 0.05) is 34.9 Å². The number of aromatic nitrogens is 1. The minimum atomic E-state index is 0.694. The number of nitrogen functional groups attached to an aromatic ring is 1. The molecular formula is C20H17N3O. The van der Waals surface area contributed by atoms with Crippen molar-refractivity contribution in [1.29, 1.82) is 0 Å². The van der Waals surface area contributed by atoms with Crippen molar-refractivity contribution in [3.8, 4) is 17.6 Å². The molecule has 0 aliphatic carbocycles. The zero-order chi connectivity index (χ0) is 16.8. The predicted molar refractivity (Wildman–Crippen MR) is 97.3 cm³/mol. The van der Waals surface area contributed by atoms with Crippen molar-refractivity contribution in [3.05, 3.63) is 78.1 Å². The Morgan fingerprint density at radius 2 is 1.75 bits per heavy atom. The summed E-state index contributed by atoms with van der Waals surface area (Å²) in [7, 11) is 1.65. The lowest BCUT2D eigenvalue weighted by molar-refractivity contribution is 0.415.